The summed E-state index contributed by atoms with van der Waals surface area (Å²) in [6.07, 6.45) is 0.158. The van der Waals surface area contributed by atoms with Crippen molar-refractivity contribution in [2.24, 2.45) is 0 Å². The molecule has 1 aliphatic rings. The van der Waals surface area contributed by atoms with Crippen LogP contribution < -0.4 is 20.1 Å². The number of fused-ring (bicyclic) bond motifs is 1. The van der Waals surface area contributed by atoms with Crippen molar-refractivity contribution < 1.29 is 27.4 Å². The molecular formula is C32H29F3N6O3. The number of pyridine rings is 2. The number of methoxy groups -OCH3 is 1. The Kier molecular flexibility index (Phi) is 8.16. The van der Waals surface area contributed by atoms with Gasteiger partial charge in [-0.15, -0.1) is 0 Å². The van der Waals surface area contributed by atoms with E-state index < -0.39 is 17.6 Å². The second-order valence-electron chi connectivity index (χ2n) is 10.5. The van der Waals surface area contributed by atoms with E-state index in [2.05, 4.69) is 20.6 Å². The number of carbonyl (C=O) groups excluding carboxylic acids is 1. The molecule has 1 amide bonds. The third kappa shape index (κ3) is 6.35. The van der Waals surface area contributed by atoms with Gasteiger partial charge >= 0.3 is 6.18 Å². The van der Waals surface area contributed by atoms with Crippen LogP contribution in [-0.4, -0.2) is 45.9 Å². The number of piperidine rings is 1. The molecule has 44 heavy (non-hydrogen) atoms. The molecule has 1 fully saturated rings. The number of anilines is 1. The van der Waals surface area contributed by atoms with E-state index in [1.165, 1.54) is 12.1 Å². The molecule has 0 bridgehead atoms. The molecule has 0 spiro atoms. The maximum Gasteiger partial charge on any atom is 0.416 e. The molecule has 0 saturated carbocycles. The van der Waals surface area contributed by atoms with Gasteiger partial charge in [-0.25, -0.2) is 14.6 Å². The van der Waals surface area contributed by atoms with Crippen molar-refractivity contribution in [3.8, 4) is 17.2 Å². The predicted octanol–water partition coefficient (Wildman–Crippen LogP) is 6.41. The fourth-order valence-electron chi connectivity index (χ4n) is 5.23. The van der Waals surface area contributed by atoms with E-state index in [0.29, 0.717) is 23.7 Å². The van der Waals surface area contributed by atoms with Gasteiger partial charge in [0.05, 0.1) is 30.3 Å². The second-order valence-corrected chi connectivity index (χ2v) is 10.5. The number of aromatic nitrogens is 4. The summed E-state index contributed by atoms with van der Waals surface area (Å²) in [5, 5.41) is 11.7. The van der Waals surface area contributed by atoms with Gasteiger partial charge < -0.3 is 20.1 Å². The third-order valence-electron chi connectivity index (χ3n) is 7.47. The molecular weight excluding hydrogens is 573 g/mol. The van der Waals surface area contributed by atoms with E-state index >= 15 is 0 Å². The Morgan fingerprint density at radius 3 is 2.48 bits per heavy atom. The van der Waals surface area contributed by atoms with Crippen LogP contribution in [0, 0.1) is 0 Å². The number of amides is 1. The average molecular weight is 603 g/mol. The summed E-state index contributed by atoms with van der Waals surface area (Å²) in [5.41, 5.74) is 1.99. The number of halogens is 3. The highest BCUT2D eigenvalue weighted by Crippen LogP contribution is 2.37. The van der Waals surface area contributed by atoms with Gasteiger partial charge in [-0.3, -0.25) is 4.79 Å². The highest BCUT2D eigenvalue weighted by Gasteiger charge is 2.31. The molecule has 1 atom stereocenters. The van der Waals surface area contributed by atoms with Gasteiger partial charge in [-0.05, 0) is 79.5 Å². The smallest absolute Gasteiger partial charge is 0.416 e. The molecule has 12 heteroatoms. The molecule has 4 heterocycles. The quantitative estimate of drug-likeness (QED) is 0.212. The lowest BCUT2D eigenvalue weighted by atomic mass is 9.94. The first-order valence-electron chi connectivity index (χ1n) is 14.1. The van der Waals surface area contributed by atoms with Gasteiger partial charge in [0.1, 0.15) is 23.1 Å². The molecule has 9 nitrogen and oxygen atoms in total. The summed E-state index contributed by atoms with van der Waals surface area (Å²) in [6.45, 7) is 2.28. The summed E-state index contributed by atoms with van der Waals surface area (Å²) in [5.74, 6) is 1.23. The number of nitrogens with one attached hydrogen (secondary N) is 2. The van der Waals surface area contributed by atoms with Crippen LogP contribution >= 0.6 is 0 Å². The molecule has 0 radical (unpaired) electrons. The molecule has 1 saturated heterocycles. The fraction of sp³-hybridized carbons (Fsp3) is 0.250. The Morgan fingerprint density at radius 1 is 1.02 bits per heavy atom. The van der Waals surface area contributed by atoms with Gasteiger partial charge in [-0.2, -0.15) is 18.3 Å². The van der Waals surface area contributed by atoms with E-state index in [0.717, 1.165) is 66.7 Å². The maximum atomic E-state index is 13.0. The molecule has 1 aliphatic heterocycles. The first-order valence-corrected chi connectivity index (χ1v) is 14.1. The van der Waals surface area contributed by atoms with Crippen LogP contribution in [0.1, 0.15) is 45.9 Å². The van der Waals surface area contributed by atoms with Crippen molar-refractivity contribution >= 4 is 22.8 Å². The zero-order valence-electron chi connectivity index (χ0n) is 23.8. The number of hydrogen-bond donors (Lipinski definition) is 2. The van der Waals surface area contributed by atoms with Crippen LogP contribution in [0.25, 0.3) is 11.0 Å². The number of nitrogens with zero attached hydrogens (tertiary/aromatic N) is 4. The van der Waals surface area contributed by atoms with Gasteiger partial charge in [0.25, 0.3) is 5.91 Å². The van der Waals surface area contributed by atoms with Crippen LogP contribution in [0.3, 0.4) is 0 Å². The van der Waals surface area contributed by atoms with Gasteiger partial charge in [0, 0.05) is 30.4 Å². The Balaban J connectivity index is 1.26. The Hall–Kier alpha value is -4.97. The van der Waals surface area contributed by atoms with Crippen LogP contribution in [0.2, 0.25) is 0 Å². The van der Waals surface area contributed by atoms with Crippen molar-refractivity contribution in [1.29, 1.82) is 0 Å². The molecule has 1 unspecified atom stereocenters. The monoisotopic (exact) mass is 602 g/mol. The molecule has 226 valence electrons. The van der Waals surface area contributed by atoms with Crippen LogP contribution in [-0.2, 0) is 12.7 Å². The predicted molar refractivity (Wildman–Crippen MR) is 158 cm³/mol. The van der Waals surface area contributed by atoms with E-state index in [9.17, 15) is 18.0 Å². The average Bonchev–Trinajstić information content (AvgIpc) is 3.41. The zero-order valence-corrected chi connectivity index (χ0v) is 23.8. The molecule has 2 N–H and O–H groups in total. The van der Waals surface area contributed by atoms with E-state index in [4.69, 9.17) is 14.6 Å². The number of alkyl halides is 3. The minimum absolute atomic E-state index is 0.186. The van der Waals surface area contributed by atoms with Crippen LogP contribution in [0.15, 0.2) is 79.1 Å². The molecule has 6 rings (SSSR count). The highest BCUT2D eigenvalue weighted by atomic mass is 19.4. The van der Waals surface area contributed by atoms with Crippen LogP contribution in [0.5, 0.6) is 17.2 Å². The van der Waals surface area contributed by atoms with E-state index in [-0.39, 0.29) is 17.3 Å². The van der Waals surface area contributed by atoms with Crippen molar-refractivity contribution in [1.82, 2.24) is 25.1 Å². The Labute approximate surface area is 251 Å². The lowest BCUT2D eigenvalue weighted by Gasteiger charge is -2.21. The first kappa shape index (κ1) is 29.1. The first-order chi connectivity index (χ1) is 21.3. The zero-order chi connectivity index (χ0) is 30.7. The van der Waals surface area contributed by atoms with Crippen molar-refractivity contribution in [2.45, 2.75) is 31.5 Å². The number of benzene rings is 2. The largest absolute Gasteiger partial charge is 0.497 e. The highest BCUT2D eigenvalue weighted by molar-refractivity contribution is 6.03. The second kappa shape index (κ2) is 12.3. The van der Waals surface area contributed by atoms with Crippen molar-refractivity contribution in [2.75, 3.05) is 25.5 Å². The van der Waals surface area contributed by atoms with Crippen molar-refractivity contribution in [3.63, 3.8) is 0 Å². The lowest BCUT2D eigenvalue weighted by molar-refractivity contribution is -0.137. The van der Waals surface area contributed by atoms with Gasteiger partial charge in [0.15, 0.2) is 5.65 Å². The summed E-state index contributed by atoms with van der Waals surface area (Å²) in [6, 6.07) is 17.6. The summed E-state index contributed by atoms with van der Waals surface area (Å²) in [7, 11) is 1.63. The number of hydrogen-bond acceptors (Lipinski definition) is 7. The third-order valence-corrected chi connectivity index (χ3v) is 7.47. The summed E-state index contributed by atoms with van der Waals surface area (Å²) < 4.78 is 52.6. The Bertz CT molecular complexity index is 1770. The molecule has 2 aromatic carbocycles. The minimum Gasteiger partial charge on any atom is -0.497 e. The fourth-order valence-corrected chi connectivity index (χ4v) is 5.23. The van der Waals surface area contributed by atoms with E-state index in [1.807, 2.05) is 28.9 Å². The lowest BCUT2D eigenvalue weighted by Crippen LogP contribution is -2.28. The number of rotatable bonds is 8. The summed E-state index contributed by atoms with van der Waals surface area (Å²) in [4.78, 5) is 21.2. The molecule has 3 aromatic heterocycles. The van der Waals surface area contributed by atoms with E-state index in [1.54, 1.807) is 31.5 Å². The standard InChI is InChI=1S/C32H29F3N6O3/c1-43-24-8-4-20(5-9-24)19-41-30-28(29(40-41)22-3-2-14-36-18-22)26(13-16-38-30)44-25-10-6-21(7-11-25)31(42)39-27-17-23(12-15-37-27)32(33,34)35/h4-13,15-17,22,36H,2-3,14,18-19H2,1H3,(H,37,39,42). The summed E-state index contributed by atoms with van der Waals surface area (Å²) >= 11 is 0. The number of carbonyl (C=O) groups is 1. The number of ether oxygens (including phenoxy) is 2. The topological polar surface area (TPSA) is 103 Å². The Morgan fingerprint density at radius 2 is 1.77 bits per heavy atom. The molecule has 5 aromatic rings. The van der Waals surface area contributed by atoms with Gasteiger partial charge in [0.2, 0.25) is 0 Å². The SMILES string of the molecule is COc1ccc(Cn2nc(C3CCCNC3)c3c(Oc4ccc(C(=O)Nc5cc(C(F)(F)F)ccn5)cc4)ccnc32)cc1. The van der Waals surface area contributed by atoms with Gasteiger partial charge in [-0.1, -0.05) is 12.1 Å². The normalized spacial score (nSPS) is 15.2. The maximum absolute atomic E-state index is 13.0. The minimum atomic E-state index is -4.54. The van der Waals surface area contributed by atoms with Crippen LogP contribution in [0.4, 0.5) is 19.0 Å². The van der Waals surface area contributed by atoms with Crippen molar-refractivity contribution in [3.05, 3.63) is 102 Å². The molecule has 0 aliphatic carbocycles.